The standard InChI is InChI=1S/C12H16FIN2O/c13-8-5-11(10(15)6-9(8)14)16-12(7-17)3-1-2-4-12/h5-6,16-17H,1-4,7,15H2. The highest BCUT2D eigenvalue weighted by atomic mass is 127. The van der Waals surface area contributed by atoms with Crippen molar-refractivity contribution in [1.82, 2.24) is 0 Å². The third-order valence-electron chi connectivity index (χ3n) is 3.36. The second-order valence-electron chi connectivity index (χ2n) is 4.62. The predicted octanol–water partition coefficient (Wildman–Crippen LogP) is 2.73. The van der Waals surface area contributed by atoms with E-state index >= 15 is 0 Å². The fraction of sp³-hybridized carbons (Fsp3) is 0.500. The normalized spacial score (nSPS) is 18.3. The summed E-state index contributed by atoms with van der Waals surface area (Å²) in [6, 6.07) is 3.02. The van der Waals surface area contributed by atoms with E-state index < -0.39 is 0 Å². The average Bonchev–Trinajstić information content (AvgIpc) is 2.75. The zero-order valence-electron chi connectivity index (χ0n) is 9.47. The summed E-state index contributed by atoms with van der Waals surface area (Å²) in [4.78, 5) is 0. The Labute approximate surface area is 114 Å². The van der Waals surface area contributed by atoms with Gasteiger partial charge >= 0.3 is 0 Å². The van der Waals surface area contributed by atoms with Gasteiger partial charge in [-0.3, -0.25) is 0 Å². The van der Waals surface area contributed by atoms with E-state index in [9.17, 15) is 9.50 Å². The lowest BCUT2D eigenvalue weighted by atomic mass is 9.98. The van der Waals surface area contributed by atoms with Crippen LogP contribution in [0.1, 0.15) is 25.7 Å². The molecule has 0 unspecified atom stereocenters. The fourth-order valence-electron chi connectivity index (χ4n) is 2.33. The topological polar surface area (TPSA) is 58.3 Å². The molecule has 3 nitrogen and oxygen atoms in total. The van der Waals surface area contributed by atoms with Crippen LogP contribution in [0, 0.1) is 9.39 Å². The van der Waals surface area contributed by atoms with Crippen molar-refractivity contribution in [1.29, 1.82) is 0 Å². The summed E-state index contributed by atoms with van der Waals surface area (Å²) in [5.41, 5.74) is 6.65. The summed E-state index contributed by atoms with van der Waals surface area (Å²) < 4.78 is 14.0. The molecule has 5 heteroatoms. The van der Waals surface area contributed by atoms with Crippen molar-refractivity contribution in [2.45, 2.75) is 31.2 Å². The van der Waals surface area contributed by atoms with Gasteiger partial charge in [0, 0.05) is 6.07 Å². The average molecular weight is 350 g/mol. The van der Waals surface area contributed by atoms with Gasteiger partial charge in [-0.05, 0) is 41.5 Å². The highest BCUT2D eigenvalue weighted by Crippen LogP contribution is 2.35. The number of halogens is 2. The SMILES string of the molecule is Nc1cc(I)c(F)cc1NC1(CO)CCCC1. The number of aliphatic hydroxyl groups excluding tert-OH is 1. The van der Waals surface area contributed by atoms with Crippen molar-refractivity contribution >= 4 is 34.0 Å². The van der Waals surface area contributed by atoms with Crippen LogP contribution >= 0.6 is 22.6 Å². The van der Waals surface area contributed by atoms with Gasteiger partial charge in [0.25, 0.3) is 0 Å². The number of rotatable bonds is 3. The number of hydrogen-bond donors (Lipinski definition) is 3. The zero-order chi connectivity index (χ0) is 12.5. The first-order chi connectivity index (χ1) is 8.06. The molecule has 1 saturated carbocycles. The van der Waals surface area contributed by atoms with E-state index in [0.29, 0.717) is 14.9 Å². The Bertz CT molecular complexity index is 419. The summed E-state index contributed by atoms with van der Waals surface area (Å²) in [6.45, 7) is 0.0556. The molecule has 4 N–H and O–H groups in total. The van der Waals surface area contributed by atoms with Gasteiger partial charge in [-0.25, -0.2) is 4.39 Å². The molecule has 0 spiro atoms. The molecule has 1 fully saturated rings. The van der Waals surface area contributed by atoms with Gasteiger partial charge in [-0.2, -0.15) is 0 Å². The quantitative estimate of drug-likeness (QED) is 0.580. The molecule has 0 saturated heterocycles. The molecule has 1 aromatic carbocycles. The third-order valence-corrected chi connectivity index (χ3v) is 4.18. The first-order valence-corrected chi connectivity index (χ1v) is 6.78. The minimum Gasteiger partial charge on any atom is -0.397 e. The molecule has 0 bridgehead atoms. The largest absolute Gasteiger partial charge is 0.397 e. The van der Waals surface area contributed by atoms with Gasteiger partial charge in [-0.1, -0.05) is 12.8 Å². The van der Waals surface area contributed by atoms with Crippen LogP contribution in [0.25, 0.3) is 0 Å². The Balaban J connectivity index is 2.26. The van der Waals surface area contributed by atoms with Crippen LogP contribution in [0.4, 0.5) is 15.8 Å². The smallest absolute Gasteiger partial charge is 0.138 e. The van der Waals surface area contributed by atoms with Gasteiger partial charge < -0.3 is 16.2 Å². The summed E-state index contributed by atoms with van der Waals surface area (Å²) in [7, 11) is 0. The molecule has 0 heterocycles. The van der Waals surface area contributed by atoms with Crippen molar-refractivity contribution in [2.24, 2.45) is 0 Å². The highest BCUT2D eigenvalue weighted by Gasteiger charge is 2.33. The molecule has 17 heavy (non-hydrogen) atoms. The van der Waals surface area contributed by atoms with Crippen molar-refractivity contribution in [3.63, 3.8) is 0 Å². The minimum absolute atomic E-state index is 0.0556. The maximum atomic E-state index is 13.5. The van der Waals surface area contributed by atoms with E-state index in [4.69, 9.17) is 5.73 Å². The van der Waals surface area contributed by atoms with Crippen molar-refractivity contribution < 1.29 is 9.50 Å². The molecule has 1 aromatic rings. The predicted molar refractivity (Wildman–Crippen MR) is 75.4 cm³/mol. The first kappa shape index (κ1) is 12.9. The summed E-state index contributed by atoms with van der Waals surface area (Å²) in [5, 5.41) is 12.7. The van der Waals surface area contributed by atoms with Crippen molar-refractivity contribution in [2.75, 3.05) is 17.7 Å². The molecule has 0 aromatic heterocycles. The highest BCUT2D eigenvalue weighted by molar-refractivity contribution is 14.1. The van der Waals surface area contributed by atoms with E-state index in [1.807, 2.05) is 22.6 Å². The number of nitrogens with one attached hydrogen (secondary N) is 1. The molecule has 2 rings (SSSR count). The molecule has 1 aliphatic rings. The Morgan fingerprint density at radius 1 is 1.41 bits per heavy atom. The number of benzene rings is 1. The molecule has 0 amide bonds. The van der Waals surface area contributed by atoms with Gasteiger partial charge in [0.2, 0.25) is 0 Å². The number of aliphatic hydroxyl groups is 1. The summed E-state index contributed by atoms with van der Waals surface area (Å²) in [5.74, 6) is -0.284. The van der Waals surface area contributed by atoms with Crippen LogP contribution in [0.2, 0.25) is 0 Å². The number of nitrogens with two attached hydrogens (primary N) is 1. The summed E-state index contributed by atoms with van der Waals surface area (Å²) >= 11 is 1.91. The number of anilines is 2. The Morgan fingerprint density at radius 3 is 2.65 bits per heavy atom. The van der Waals surface area contributed by atoms with Gasteiger partial charge in [-0.15, -0.1) is 0 Å². The maximum absolute atomic E-state index is 13.5. The second-order valence-corrected chi connectivity index (χ2v) is 5.79. The second kappa shape index (κ2) is 4.97. The van der Waals surface area contributed by atoms with Gasteiger partial charge in [0.15, 0.2) is 0 Å². The van der Waals surface area contributed by atoms with E-state index in [-0.39, 0.29) is 18.0 Å². The Morgan fingerprint density at radius 2 is 2.06 bits per heavy atom. The lowest BCUT2D eigenvalue weighted by molar-refractivity contribution is 0.214. The van der Waals surface area contributed by atoms with Crippen LogP contribution in [0.3, 0.4) is 0 Å². The Kier molecular flexibility index (Phi) is 3.77. The van der Waals surface area contributed by atoms with E-state index in [1.54, 1.807) is 6.07 Å². The Hall–Kier alpha value is -0.560. The van der Waals surface area contributed by atoms with E-state index in [2.05, 4.69) is 5.32 Å². The molecular weight excluding hydrogens is 334 g/mol. The number of nitrogen functional groups attached to an aromatic ring is 1. The van der Waals surface area contributed by atoms with Crippen LogP contribution in [0.5, 0.6) is 0 Å². The molecule has 1 aliphatic carbocycles. The van der Waals surface area contributed by atoms with Crippen LogP contribution in [0.15, 0.2) is 12.1 Å². The summed E-state index contributed by atoms with van der Waals surface area (Å²) in [6.07, 6.45) is 3.97. The molecule has 94 valence electrons. The maximum Gasteiger partial charge on any atom is 0.138 e. The molecule has 0 atom stereocenters. The van der Waals surface area contributed by atoms with Crippen LogP contribution in [-0.2, 0) is 0 Å². The monoisotopic (exact) mass is 350 g/mol. The van der Waals surface area contributed by atoms with Crippen LogP contribution in [-0.4, -0.2) is 17.3 Å². The zero-order valence-corrected chi connectivity index (χ0v) is 11.6. The van der Waals surface area contributed by atoms with E-state index in [0.717, 1.165) is 25.7 Å². The van der Waals surface area contributed by atoms with E-state index in [1.165, 1.54) is 6.07 Å². The molecular formula is C12H16FIN2O. The fourth-order valence-corrected chi connectivity index (χ4v) is 2.82. The van der Waals surface area contributed by atoms with Crippen LogP contribution < -0.4 is 11.1 Å². The lowest BCUT2D eigenvalue weighted by Crippen LogP contribution is -2.39. The molecule has 0 radical (unpaired) electrons. The lowest BCUT2D eigenvalue weighted by Gasteiger charge is -2.30. The van der Waals surface area contributed by atoms with Gasteiger partial charge in [0.05, 0.1) is 27.1 Å². The molecule has 0 aliphatic heterocycles. The number of hydrogen-bond acceptors (Lipinski definition) is 3. The first-order valence-electron chi connectivity index (χ1n) is 5.70. The van der Waals surface area contributed by atoms with Crippen molar-refractivity contribution in [3.8, 4) is 0 Å². The minimum atomic E-state index is -0.326. The van der Waals surface area contributed by atoms with Crippen molar-refractivity contribution in [3.05, 3.63) is 21.5 Å². The van der Waals surface area contributed by atoms with Gasteiger partial charge in [0.1, 0.15) is 5.82 Å². The third kappa shape index (κ3) is 2.65.